The molecule has 0 aromatic heterocycles. The Hall–Kier alpha value is -0.420. The number of amides is 1. The van der Waals surface area contributed by atoms with Crippen molar-refractivity contribution in [3.63, 3.8) is 0 Å². The SMILES string of the molecule is BC(=O)NC(=NB(C)O)SC. The van der Waals surface area contributed by atoms with Gasteiger partial charge in [0, 0.05) is 0 Å². The number of hydrogen-bond donors (Lipinski definition) is 2. The maximum atomic E-state index is 10.5. The molecule has 0 saturated heterocycles. The monoisotopic (exact) mass is 172 g/mol. The highest BCUT2D eigenvalue weighted by Crippen LogP contribution is 1.95. The Morgan fingerprint density at radius 3 is 2.64 bits per heavy atom. The van der Waals surface area contributed by atoms with Gasteiger partial charge < -0.3 is 10.3 Å². The van der Waals surface area contributed by atoms with Gasteiger partial charge in [0.2, 0.25) is 7.85 Å². The lowest BCUT2D eigenvalue weighted by Crippen LogP contribution is -2.28. The summed E-state index contributed by atoms with van der Waals surface area (Å²) in [5.41, 5.74) is 0. The van der Waals surface area contributed by atoms with E-state index in [1.165, 1.54) is 26.4 Å². The molecule has 0 aliphatic heterocycles. The minimum atomic E-state index is -0.774. The van der Waals surface area contributed by atoms with Gasteiger partial charge in [0.25, 0.3) is 0 Å². The maximum Gasteiger partial charge on any atom is 0.430 e. The van der Waals surface area contributed by atoms with Crippen LogP contribution in [0.3, 0.4) is 0 Å². The van der Waals surface area contributed by atoms with E-state index < -0.39 is 7.05 Å². The largest absolute Gasteiger partial charge is 0.431 e. The number of nitrogens with zero attached hydrogens (tertiary/aromatic N) is 1. The molecule has 0 spiro atoms. The lowest BCUT2D eigenvalue weighted by molar-refractivity contribution is 0.263. The zero-order chi connectivity index (χ0) is 8.85. The first kappa shape index (κ1) is 10.6. The highest BCUT2D eigenvalue weighted by molar-refractivity contribution is 8.13. The molecule has 0 aliphatic carbocycles. The van der Waals surface area contributed by atoms with E-state index in [9.17, 15) is 4.79 Å². The van der Waals surface area contributed by atoms with Gasteiger partial charge in [-0.2, -0.15) is 0 Å². The van der Waals surface area contributed by atoms with E-state index in [4.69, 9.17) is 5.02 Å². The molecule has 0 fully saturated rings. The number of carbonyl (C=O) groups is 1. The molecule has 4 nitrogen and oxygen atoms in total. The quantitative estimate of drug-likeness (QED) is 0.307. The summed E-state index contributed by atoms with van der Waals surface area (Å²) in [6, 6.07) is 0. The van der Waals surface area contributed by atoms with Crippen molar-refractivity contribution in [3.05, 3.63) is 0 Å². The Labute approximate surface area is 71.4 Å². The van der Waals surface area contributed by atoms with Crippen LogP contribution in [-0.4, -0.2) is 37.2 Å². The van der Waals surface area contributed by atoms with Gasteiger partial charge in [-0.1, -0.05) is 11.8 Å². The van der Waals surface area contributed by atoms with Crippen molar-refractivity contribution in [2.24, 2.45) is 4.90 Å². The normalized spacial score (nSPS) is 11.0. The zero-order valence-corrected chi connectivity index (χ0v) is 7.60. The molecule has 0 rings (SSSR count). The standard InChI is InChI=1S/C4H10B2N2O2S/c1-6(10)8-4(11-2)7-3(5)9/h10H,5H2,1-2H3,(H,7,8,9). The minimum Gasteiger partial charge on any atom is -0.431 e. The number of hydrogen-bond acceptors (Lipinski definition) is 4. The van der Waals surface area contributed by atoms with Crippen molar-refractivity contribution in [1.82, 2.24) is 5.32 Å². The third kappa shape index (κ3) is 6.00. The third-order valence-corrected chi connectivity index (χ3v) is 1.37. The van der Waals surface area contributed by atoms with Crippen LogP contribution in [0.2, 0.25) is 6.82 Å². The second-order valence-corrected chi connectivity index (χ2v) is 2.75. The maximum absolute atomic E-state index is 10.5. The molecule has 0 unspecified atom stereocenters. The molecule has 2 N–H and O–H groups in total. The fourth-order valence-electron chi connectivity index (χ4n) is 0.456. The Bertz CT molecular complexity index is 173. The molecule has 1 amide bonds. The van der Waals surface area contributed by atoms with Crippen LogP contribution in [0, 0.1) is 0 Å². The molecular weight excluding hydrogens is 162 g/mol. The molecule has 11 heavy (non-hydrogen) atoms. The molecular formula is C4H10B2N2O2S. The molecule has 0 bridgehead atoms. The summed E-state index contributed by atoms with van der Waals surface area (Å²) in [7, 11) is 0.623. The van der Waals surface area contributed by atoms with E-state index in [0.29, 0.717) is 5.17 Å². The number of rotatable bonds is 1. The summed E-state index contributed by atoms with van der Waals surface area (Å²) in [6.07, 6.45) is 1.77. The van der Waals surface area contributed by atoms with Crippen molar-refractivity contribution < 1.29 is 9.82 Å². The van der Waals surface area contributed by atoms with Gasteiger partial charge in [-0.05, 0) is 13.1 Å². The molecule has 0 aromatic carbocycles. The summed E-state index contributed by atoms with van der Waals surface area (Å²) >= 11 is 1.28. The van der Waals surface area contributed by atoms with Crippen LogP contribution in [-0.2, 0) is 0 Å². The highest BCUT2D eigenvalue weighted by atomic mass is 32.2. The number of amidine groups is 1. The van der Waals surface area contributed by atoms with Gasteiger partial charge in [0.15, 0.2) is 11.0 Å². The molecule has 0 aliphatic rings. The number of thioether (sulfide) groups is 1. The van der Waals surface area contributed by atoms with Crippen molar-refractivity contribution in [3.8, 4) is 0 Å². The third-order valence-electron chi connectivity index (χ3n) is 0.780. The second-order valence-electron chi connectivity index (χ2n) is 1.95. The summed E-state index contributed by atoms with van der Waals surface area (Å²) < 4.78 is 0. The van der Waals surface area contributed by atoms with E-state index in [-0.39, 0.29) is 5.81 Å². The van der Waals surface area contributed by atoms with Crippen LogP contribution in [0.4, 0.5) is 4.79 Å². The summed E-state index contributed by atoms with van der Waals surface area (Å²) in [4.78, 5) is 14.2. The van der Waals surface area contributed by atoms with Crippen LogP contribution in [0.25, 0.3) is 0 Å². The molecule has 0 heterocycles. The highest BCUT2D eigenvalue weighted by Gasteiger charge is 2.03. The fraction of sp³-hybridized carbons (Fsp3) is 0.500. The topological polar surface area (TPSA) is 61.7 Å². The average molecular weight is 172 g/mol. The second kappa shape index (κ2) is 5.26. The number of carbonyl (C=O) groups excluding carboxylic acids is 1. The first-order chi connectivity index (χ1) is 5.06. The van der Waals surface area contributed by atoms with Crippen LogP contribution >= 0.6 is 11.8 Å². The van der Waals surface area contributed by atoms with Gasteiger partial charge >= 0.3 is 7.05 Å². The molecule has 0 atom stereocenters. The van der Waals surface area contributed by atoms with Crippen molar-refractivity contribution in [1.29, 1.82) is 0 Å². The van der Waals surface area contributed by atoms with Crippen LogP contribution < -0.4 is 5.32 Å². The first-order valence-electron chi connectivity index (χ1n) is 3.13. The molecule has 0 saturated carbocycles. The smallest absolute Gasteiger partial charge is 0.430 e. The van der Waals surface area contributed by atoms with E-state index in [1.54, 1.807) is 6.26 Å². The van der Waals surface area contributed by atoms with Gasteiger partial charge in [-0.25, -0.2) is 0 Å². The summed E-state index contributed by atoms with van der Waals surface area (Å²) in [6.45, 7) is 1.53. The van der Waals surface area contributed by atoms with Gasteiger partial charge in [-0.15, -0.1) is 0 Å². The summed E-state index contributed by atoms with van der Waals surface area (Å²) in [5, 5.41) is 11.7. The van der Waals surface area contributed by atoms with Crippen LogP contribution in [0.1, 0.15) is 0 Å². The molecule has 0 aromatic rings. The van der Waals surface area contributed by atoms with Crippen molar-refractivity contribution >= 4 is 37.6 Å². The molecule has 0 radical (unpaired) electrons. The Balaban J connectivity index is 4.05. The van der Waals surface area contributed by atoms with Gasteiger partial charge in [0.05, 0.1) is 0 Å². The Kier molecular flexibility index (Phi) is 5.06. The lowest BCUT2D eigenvalue weighted by Gasteiger charge is -2.03. The van der Waals surface area contributed by atoms with Crippen molar-refractivity contribution in [2.45, 2.75) is 6.82 Å². The van der Waals surface area contributed by atoms with Gasteiger partial charge in [-0.3, -0.25) is 9.70 Å². The predicted molar refractivity (Wildman–Crippen MR) is 51.9 cm³/mol. The van der Waals surface area contributed by atoms with E-state index in [1.807, 2.05) is 0 Å². The molecule has 7 heteroatoms. The average Bonchev–Trinajstić information content (AvgIpc) is 1.84. The number of nitrogens with one attached hydrogen (secondary N) is 1. The van der Waals surface area contributed by atoms with Crippen molar-refractivity contribution in [2.75, 3.05) is 6.26 Å². The minimum absolute atomic E-state index is 0.182. The lowest BCUT2D eigenvalue weighted by atomic mass is 9.91. The predicted octanol–water partition coefficient (Wildman–Crippen LogP) is -0.842. The zero-order valence-electron chi connectivity index (χ0n) is 6.79. The van der Waals surface area contributed by atoms with Gasteiger partial charge in [0.1, 0.15) is 0 Å². The first-order valence-corrected chi connectivity index (χ1v) is 4.36. The Morgan fingerprint density at radius 2 is 2.36 bits per heavy atom. The molecule has 60 valence electrons. The van der Waals surface area contributed by atoms with Crippen LogP contribution in [0.15, 0.2) is 4.90 Å². The van der Waals surface area contributed by atoms with Crippen LogP contribution in [0.5, 0.6) is 0 Å². The van der Waals surface area contributed by atoms with E-state index in [2.05, 4.69) is 10.2 Å². The fourth-order valence-corrected chi connectivity index (χ4v) is 0.960. The Morgan fingerprint density at radius 1 is 1.82 bits per heavy atom. The van der Waals surface area contributed by atoms with E-state index in [0.717, 1.165) is 0 Å². The summed E-state index contributed by atoms with van der Waals surface area (Å²) in [5.74, 6) is -0.182. The van der Waals surface area contributed by atoms with E-state index >= 15 is 0 Å².